The van der Waals surface area contributed by atoms with Crippen LogP contribution in [0.2, 0.25) is 25.7 Å². The predicted molar refractivity (Wildman–Crippen MR) is 183 cm³/mol. The van der Waals surface area contributed by atoms with Crippen LogP contribution < -0.4 is 10.2 Å². The molecule has 2 saturated heterocycles. The van der Waals surface area contributed by atoms with E-state index in [1.54, 1.807) is 0 Å². The summed E-state index contributed by atoms with van der Waals surface area (Å²) >= 11 is 0. The number of nitrogens with zero attached hydrogens (tertiary/aromatic N) is 4. The van der Waals surface area contributed by atoms with Crippen molar-refractivity contribution in [3.8, 4) is 11.3 Å². The third-order valence-corrected chi connectivity index (χ3v) is 11.2. The summed E-state index contributed by atoms with van der Waals surface area (Å²) in [7, 11) is -4.25. The highest BCUT2D eigenvalue weighted by molar-refractivity contribution is 7.90. The minimum Gasteiger partial charge on any atom is -0.372 e. The van der Waals surface area contributed by atoms with Crippen LogP contribution in [-0.4, -0.2) is 82.5 Å². The van der Waals surface area contributed by atoms with E-state index in [9.17, 15) is 8.42 Å². The Morgan fingerprint density at radius 2 is 1.80 bits per heavy atom. The number of benzene rings is 1. The lowest BCUT2D eigenvalue weighted by Crippen LogP contribution is -2.41. The standard InChI is InChI=1S/C33H51N5O5SSi/c1-32(2,3)33(42-13-14-43-33)28-23-38(24-41-15-17-45(5,6)7)31-30(28)36-29(22-35-31)26-18-25(21-34-10-16-44(4,39)40)19-27(20-26)37-11-8-9-12-37/h18-20,22-23,34H,8-17,21,24H2,1-7H3. The Morgan fingerprint density at radius 3 is 2.44 bits per heavy atom. The van der Waals surface area contributed by atoms with Crippen molar-refractivity contribution in [1.29, 1.82) is 0 Å². The summed E-state index contributed by atoms with van der Waals surface area (Å²) in [4.78, 5) is 12.6. The van der Waals surface area contributed by atoms with E-state index in [-0.39, 0.29) is 11.2 Å². The second-order valence-corrected chi connectivity index (χ2v) is 22.6. The molecule has 0 saturated carbocycles. The van der Waals surface area contributed by atoms with Gasteiger partial charge in [0.25, 0.3) is 0 Å². The summed E-state index contributed by atoms with van der Waals surface area (Å²) in [6.45, 7) is 18.5. The van der Waals surface area contributed by atoms with Crippen LogP contribution in [0.15, 0.2) is 30.6 Å². The molecule has 12 heteroatoms. The van der Waals surface area contributed by atoms with Gasteiger partial charge in [-0.1, -0.05) is 40.4 Å². The number of sulfone groups is 1. The minimum absolute atomic E-state index is 0.106. The molecule has 2 aliphatic rings. The average molecular weight is 658 g/mol. The quantitative estimate of drug-likeness (QED) is 0.191. The maximum atomic E-state index is 11.7. The van der Waals surface area contributed by atoms with Gasteiger partial charge in [0.2, 0.25) is 5.79 Å². The molecule has 3 aromatic rings. The molecule has 1 aromatic carbocycles. The Labute approximate surface area is 269 Å². The summed E-state index contributed by atoms with van der Waals surface area (Å²) in [5.74, 6) is -0.858. The highest BCUT2D eigenvalue weighted by atomic mass is 32.2. The van der Waals surface area contributed by atoms with Crippen LogP contribution in [0.3, 0.4) is 0 Å². The van der Waals surface area contributed by atoms with Crippen LogP contribution in [0, 0.1) is 5.41 Å². The maximum absolute atomic E-state index is 11.7. The molecule has 0 unspecified atom stereocenters. The van der Waals surface area contributed by atoms with Gasteiger partial charge in [-0.2, -0.15) is 0 Å². The molecule has 0 bridgehead atoms. The zero-order valence-corrected chi connectivity index (χ0v) is 29.9. The van der Waals surface area contributed by atoms with Crippen molar-refractivity contribution in [1.82, 2.24) is 19.9 Å². The molecule has 45 heavy (non-hydrogen) atoms. The zero-order chi connectivity index (χ0) is 32.5. The van der Waals surface area contributed by atoms with Crippen LogP contribution in [0.5, 0.6) is 0 Å². The average Bonchev–Trinajstić information content (AvgIpc) is 3.72. The number of rotatable bonds is 13. The van der Waals surface area contributed by atoms with Crippen molar-refractivity contribution in [3.63, 3.8) is 0 Å². The van der Waals surface area contributed by atoms with Gasteiger partial charge in [0, 0.05) is 70.0 Å². The van der Waals surface area contributed by atoms with Crippen LogP contribution in [0.1, 0.15) is 44.7 Å². The highest BCUT2D eigenvalue weighted by Gasteiger charge is 2.51. The van der Waals surface area contributed by atoms with Crippen LogP contribution in [0.25, 0.3) is 22.4 Å². The molecule has 2 fully saturated rings. The van der Waals surface area contributed by atoms with E-state index < -0.39 is 23.7 Å². The lowest BCUT2D eigenvalue weighted by molar-refractivity contribution is -0.231. The van der Waals surface area contributed by atoms with E-state index in [1.807, 2.05) is 10.8 Å². The number of fused-ring (bicyclic) bond motifs is 1. The summed E-state index contributed by atoms with van der Waals surface area (Å²) in [6, 6.07) is 7.61. The molecule has 0 aliphatic carbocycles. The van der Waals surface area contributed by atoms with E-state index in [0.717, 1.165) is 58.4 Å². The number of nitrogens with one attached hydrogen (secondary N) is 1. The Morgan fingerprint density at radius 1 is 1.09 bits per heavy atom. The highest BCUT2D eigenvalue weighted by Crippen LogP contribution is 2.48. The van der Waals surface area contributed by atoms with E-state index in [0.29, 0.717) is 39.6 Å². The summed E-state index contributed by atoms with van der Waals surface area (Å²) in [6.07, 6.45) is 7.50. The first-order valence-electron chi connectivity index (χ1n) is 16.1. The Bertz CT molecular complexity index is 1580. The lowest BCUT2D eigenvalue weighted by Gasteiger charge is -2.39. The molecule has 0 spiro atoms. The van der Waals surface area contributed by atoms with Crippen molar-refractivity contribution in [2.24, 2.45) is 5.41 Å². The molecule has 5 rings (SSSR count). The molecule has 0 atom stereocenters. The summed E-state index contributed by atoms with van der Waals surface area (Å²) < 4.78 is 44.3. The normalized spacial score (nSPS) is 17.5. The van der Waals surface area contributed by atoms with Gasteiger partial charge >= 0.3 is 0 Å². The maximum Gasteiger partial charge on any atom is 0.203 e. The van der Waals surface area contributed by atoms with Gasteiger partial charge in [0.05, 0.1) is 36.4 Å². The van der Waals surface area contributed by atoms with Gasteiger partial charge in [0.15, 0.2) is 5.65 Å². The van der Waals surface area contributed by atoms with E-state index >= 15 is 0 Å². The monoisotopic (exact) mass is 657 g/mol. The summed E-state index contributed by atoms with van der Waals surface area (Å²) in [5, 5.41) is 3.31. The van der Waals surface area contributed by atoms with Crippen molar-refractivity contribution < 1.29 is 22.6 Å². The number of hydrogen-bond donors (Lipinski definition) is 1. The lowest BCUT2D eigenvalue weighted by atomic mass is 9.81. The number of hydrogen-bond acceptors (Lipinski definition) is 9. The van der Waals surface area contributed by atoms with Gasteiger partial charge in [0.1, 0.15) is 22.1 Å². The Hall–Kier alpha value is -2.35. The number of aromatic nitrogens is 3. The predicted octanol–water partition coefficient (Wildman–Crippen LogP) is 5.39. The van der Waals surface area contributed by atoms with Gasteiger partial charge in [-0.05, 0) is 42.6 Å². The molecule has 0 radical (unpaired) electrons. The van der Waals surface area contributed by atoms with Crippen molar-refractivity contribution in [2.45, 2.75) is 78.4 Å². The summed E-state index contributed by atoms with van der Waals surface area (Å²) in [5.41, 5.74) is 5.95. The molecule has 248 valence electrons. The number of ether oxygens (including phenoxy) is 3. The van der Waals surface area contributed by atoms with Gasteiger partial charge in [-0.25, -0.2) is 18.4 Å². The second-order valence-electron chi connectivity index (χ2n) is 14.7. The SMILES string of the molecule is CC(C)(C)C1(c2cn(COCC[Si](C)(C)C)c3ncc(-c4cc(CNCCS(C)(=O)=O)cc(N5CCCC5)c4)nc23)OCCO1. The third-order valence-electron chi connectivity index (χ3n) is 8.55. The second kappa shape index (κ2) is 13.4. The topological polar surface area (TPSA) is 108 Å². The van der Waals surface area contributed by atoms with Crippen LogP contribution in [-0.2, 0) is 43.1 Å². The first-order chi connectivity index (χ1) is 21.2. The van der Waals surface area contributed by atoms with Crippen molar-refractivity contribution >= 4 is 34.8 Å². The minimum atomic E-state index is -3.03. The molecule has 4 heterocycles. The molecule has 2 aliphatic heterocycles. The fourth-order valence-corrected chi connectivity index (χ4v) is 7.32. The van der Waals surface area contributed by atoms with Gasteiger partial charge in [-0.3, -0.25) is 0 Å². The zero-order valence-electron chi connectivity index (χ0n) is 28.1. The first kappa shape index (κ1) is 34.0. The molecule has 2 aromatic heterocycles. The largest absolute Gasteiger partial charge is 0.372 e. The smallest absolute Gasteiger partial charge is 0.203 e. The van der Waals surface area contributed by atoms with Crippen molar-refractivity contribution in [2.75, 3.05) is 56.4 Å². The van der Waals surface area contributed by atoms with E-state index in [2.05, 4.69) is 75.0 Å². The van der Waals surface area contributed by atoms with E-state index in [1.165, 1.54) is 19.1 Å². The Kier molecular flexibility index (Phi) is 10.1. The van der Waals surface area contributed by atoms with Gasteiger partial charge in [-0.15, -0.1) is 0 Å². The van der Waals surface area contributed by atoms with Crippen LogP contribution >= 0.6 is 0 Å². The fraction of sp³-hybridized carbons (Fsp3) is 0.636. The number of anilines is 1. The Balaban J connectivity index is 1.54. The molecule has 0 amide bonds. The molecule has 10 nitrogen and oxygen atoms in total. The first-order valence-corrected chi connectivity index (χ1v) is 21.9. The van der Waals surface area contributed by atoms with Gasteiger partial charge < -0.3 is 29.0 Å². The fourth-order valence-electron chi connectivity index (χ4n) is 6.05. The van der Waals surface area contributed by atoms with Crippen LogP contribution in [0.4, 0.5) is 5.69 Å². The molecular weight excluding hydrogens is 607 g/mol. The van der Waals surface area contributed by atoms with E-state index in [4.69, 9.17) is 24.2 Å². The van der Waals surface area contributed by atoms with Crippen molar-refractivity contribution in [3.05, 3.63) is 41.7 Å². The third kappa shape index (κ3) is 8.15. The molecule has 1 N–H and O–H groups in total. The molecular formula is C33H51N5O5SSi.